The van der Waals surface area contributed by atoms with Crippen LogP contribution in [0.25, 0.3) is 11.0 Å². The van der Waals surface area contributed by atoms with Crippen LogP contribution in [0.5, 0.6) is 0 Å². The molecule has 0 radical (unpaired) electrons. The average Bonchev–Trinajstić information content (AvgIpc) is 2.54. The zero-order valence-electron chi connectivity index (χ0n) is 9.73. The average molecular weight is 356 g/mol. The van der Waals surface area contributed by atoms with Crippen molar-refractivity contribution < 1.29 is 0 Å². The Bertz CT molecular complexity index is 624. The van der Waals surface area contributed by atoms with Crippen LogP contribution in [0.15, 0.2) is 6.33 Å². The van der Waals surface area contributed by atoms with Crippen LogP contribution in [-0.4, -0.2) is 32.8 Å². The minimum absolute atomic E-state index is 0.465. The first kappa shape index (κ1) is 10.9. The highest BCUT2D eigenvalue weighted by atomic mass is 127. The SMILES string of the molecule is Nc1ncnc2c1c(I)nn2C1CC2(CNC2)C1. The third-order valence-corrected chi connectivity index (χ3v) is 4.91. The van der Waals surface area contributed by atoms with Crippen LogP contribution in [0, 0.1) is 9.12 Å². The highest BCUT2D eigenvalue weighted by Crippen LogP contribution is 2.51. The molecule has 94 valence electrons. The Labute approximate surface area is 117 Å². The molecule has 2 aromatic heterocycles. The van der Waals surface area contributed by atoms with Gasteiger partial charge in [-0.3, -0.25) is 0 Å². The largest absolute Gasteiger partial charge is 0.383 e. The second-order valence-corrected chi connectivity index (χ2v) is 6.38. The van der Waals surface area contributed by atoms with Gasteiger partial charge in [0.15, 0.2) is 5.65 Å². The van der Waals surface area contributed by atoms with Gasteiger partial charge in [-0.1, -0.05) is 0 Å². The van der Waals surface area contributed by atoms with E-state index in [4.69, 9.17) is 5.73 Å². The molecule has 1 spiro atoms. The molecule has 4 rings (SSSR count). The van der Waals surface area contributed by atoms with Gasteiger partial charge in [-0.15, -0.1) is 0 Å². The molecule has 3 N–H and O–H groups in total. The van der Waals surface area contributed by atoms with Crippen LogP contribution >= 0.6 is 22.6 Å². The molecular formula is C11H13IN6. The Kier molecular flexibility index (Phi) is 2.14. The molecule has 7 heteroatoms. The van der Waals surface area contributed by atoms with Crippen molar-refractivity contribution in [1.29, 1.82) is 0 Å². The van der Waals surface area contributed by atoms with E-state index in [9.17, 15) is 0 Å². The lowest BCUT2D eigenvalue weighted by Crippen LogP contribution is -2.60. The quantitative estimate of drug-likeness (QED) is 0.744. The summed E-state index contributed by atoms with van der Waals surface area (Å²) in [6, 6.07) is 0.465. The number of hydrogen-bond acceptors (Lipinski definition) is 5. The van der Waals surface area contributed by atoms with Crippen LogP contribution < -0.4 is 11.1 Å². The zero-order valence-corrected chi connectivity index (χ0v) is 11.9. The molecule has 1 aliphatic heterocycles. The highest BCUT2D eigenvalue weighted by Gasteiger charge is 2.49. The first-order valence-electron chi connectivity index (χ1n) is 6.03. The van der Waals surface area contributed by atoms with Crippen molar-refractivity contribution in [1.82, 2.24) is 25.1 Å². The Morgan fingerprint density at radius 1 is 1.39 bits per heavy atom. The van der Waals surface area contributed by atoms with Crippen molar-refractivity contribution in [2.24, 2.45) is 5.41 Å². The van der Waals surface area contributed by atoms with E-state index < -0.39 is 0 Å². The van der Waals surface area contributed by atoms with E-state index in [-0.39, 0.29) is 0 Å². The monoisotopic (exact) mass is 356 g/mol. The van der Waals surface area contributed by atoms with Crippen LogP contribution in [-0.2, 0) is 0 Å². The Morgan fingerprint density at radius 3 is 2.83 bits per heavy atom. The fourth-order valence-electron chi connectivity index (χ4n) is 3.09. The summed E-state index contributed by atoms with van der Waals surface area (Å²) in [6.07, 6.45) is 3.90. The first-order valence-corrected chi connectivity index (χ1v) is 7.11. The van der Waals surface area contributed by atoms with Gasteiger partial charge in [0, 0.05) is 13.1 Å². The molecule has 2 aromatic rings. The fraction of sp³-hybridized carbons (Fsp3) is 0.545. The Balaban J connectivity index is 1.75. The van der Waals surface area contributed by atoms with Crippen molar-refractivity contribution in [3.63, 3.8) is 0 Å². The fourth-order valence-corrected chi connectivity index (χ4v) is 3.84. The van der Waals surface area contributed by atoms with E-state index in [2.05, 4.69) is 43.0 Å². The summed E-state index contributed by atoms with van der Waals surface area (Å²) in [5.41, 5.74) is 7.31. The van der Waals surface area contributed by atoms with E-state index >= 15 is 0 Å². The topological polar surface area (TPSA) is 81.7 Å². The molecule has 0 unspecified atom stereocenters. The number of nitrogen functional groups attached to an aromatic ring is 1. The van der Waals surface area contributed by atoms with Crippen molar-refractivity contribution in [3.8, 4) is 0 Å². The molecule has 0 aromatic carbocycles. The summed E-state index contributed by atoms with van der Waals surface area (Å²) < 4.78 is 2.94. The summed E-state index contributed by atoms with van der Waals surface area (Å²) >= 11 is 2.21. The van der Waals surface area contributed by atoms with Crippen molar-refractivity contribution >= 4 is 39.4 Å². The molecule has 1 saturated heterocycles. The number of nitrogens with one attached hydrogen (secondary N) is 1. The third-order valence-electron chi connectivity index (χ3n) is 4.16. The lowest BCUT2D eigenvalue weighted by atomic mass is 9.62. The highest BCUT2D eigenvalue weighted by molar-refractivity contribution is 14.1. The Morgan fingerprint density at radius 2 is 2.17 bits per heavy atom. The van der Waals surface area contributed by atoms with Gasteiger partial charge >= 0.3 is 0 Å². The molecule has 1 saturated carbocycles. The predicted octanol–water partition coefficient (Wildman–Crippen LogP) is 0.938. The first-order chi connectivity index (χ1) is 8.69. The molecule has 6 nitrogen and oxygen atoms in total. The normalized spacial score (nSPS) is 22.1. The number of aromatic nitrogens is 4. The zero-order chi connectivity index (χ0) is 12.3. The van der Waals surface area contributed by atoms with Crippen LogP contribution in [0.3, 0.4) is 0 Å². The molecular weight excluding hydrogens is 343 g/mol. The molecule has 0 bridgehead atoms. The predicted molar refractivity (Wildman–Crippen MR) is 76.0 cm³/mol. The summed E-state index contributed by atoms with van der Waals surface area (Å²) in [5.74, 6) is 0.523. The van der Waals surface area contributed by atoms with E-state index in [1.807, 2.05) is 4.68 Å². The number of nitrogens with zero attached hydrogens (tertiary/aromatic N) is 4. The minimum Gasteiger partial charge on any atom is -0.383 e. The van der Waals surface area contributed by atoms with Gasteiger partial charge in [0.2, 0.25) is 0 Å². The molecule has 1 aliphatic carbocycles. The standard InChI is InChI=1S/C11H13IN6/c12-8-7-9(13)15-5-16-10(7)18(17-8)6-1-11(2-6)3-14-4-11/h5-6,14H,1-4H2,(H2,13,15,16). The van der Waals surface area contributed by atoms with Crippen molar-refractivity contribution in [3.05, 3.63) is 10.0 Å². The van der Waals surface area contributed by atoms with Gasteiger partial charge in [-0.25, -0.2) is 14.6 Å². The smallest absolute Gasteiger partial charge is 0.164 e. The minimum atomic E-state index is 0.465. The van der Waals surface area contributed by atoms with Gasteiger partial charge in [-0.2, -0.15) is 5.10 Å². The summed E-state index contributed by atoms with van der Waals surface area (Å²) in [4.78, 5) is 8.39. The van der Waals surface area contributed by atoms with Crippen LogP contribution in [0.2, 0.25) is 0 Å². The molecule has 0 atom stereocenters. The van der Waals surface area contributed by atoms with Gasteiger partial charge in [-0.05, 0) is 40.8 Å². The third kappa shape index (κ3) is 1.34. The maximum absolute atomic E-state index is 5.90. The van der Waals surface area contributed by atoms with Crippen LogP contribution in [0.4, 0.5) is 5.82 Å². The van der Waals surface area contributed by atoms with Gasteiger partial charge in [0.25, 0.3) is 0 Å². The number of fused-ring (bicyclic) bond motifs is 1. The van der Waals surface area contributed by atoms with Gasteiger partial charge in [0.05, 0.1) is 11.4 Å². The number of rotatable bonds is 1. The maximum atomic E-state index is 5.90. The summed E-state index contributed by atoms with van der Waals surface area (Å²) in [7, 11) is 0. The number of hydrogen-bond donors (Lipinski definition) is 2. The molecule has 3 heterocycles. The number of halogens is 1. The van der Waals surface area contributed by atoms with E-state index in [0.29, 0.717) is 17.3 Å². The van der Waals surface area contributed by atoms with Crippen molar-refractivity contribution in [2.45, 2.75) is 18.9 Å². The van der Waals surface area contributed by atoms with Crippen LogP contribution in [0.1, 0.15) is 18.9 Å². The summed E-state index contributed by atoms with van der Waals surface area (Å²) in [6.45, 7) is 2.30. The second-order valence-electron chi connectivity index (χ2n) is 5.36. The summed E-state index contributed by atoms with van der Waals surface area (Å²) in [5, 5.41) is 8.84. The molecule has 2 fully saturated rings. The van der Waals surface area contributed by atoms with Crippen molar-refractivity contribution in [2.75, 3.05) is 18.8 Å². The molecule has 2 aliphatic rings. The van der Waals surface area contributed by atoms with Gasteiger partial charge in [0.1, 0.15) is 15.8 Å². The molecule has 18 heavy (non-hydrogen) atoms. The lowest BCUT2D eigenvalue weighted by molar-refractivity contribution is 0.00390. The number of anilines is 1. The number of nitrogens with two attached hydrogens (primary N) is 1. The van der Waals surface area contributed by atoms with E-state index in [1.165, 1.54) is 19.2 Å². The lowest BCUT2D eigenvalue weighted by Gasteiger charge is -2.54. The van der Waals surface area contributed by atoms with Gasteiger partial charge < -0.3 is 11.1 Å². The molecule has 0 amide bonds. The van der Waals surface area contributed by atoms with E-state index in [1.54, 1.807) is 0 Å². The van der Waals surface area contributed by atoms with E-state index in [0.717, 1.165) is 27.8 Å². The second kappa shape index (κ2) is 3.53. The Hall–Kier alpha value is -0.960. The maximum Gasteiger partial charge on any atom is 0.164 e.